The van der Waals surface area contributed by atoms with E-state index in [4.69, 9.17) is 19.2 Å². The van der Waals surface area contributed by atoms with Crippen LogP contribution in [-0.4, -0.2) is 36.8 Å². The summed E-state index contributed by atoms with van der Waals surface area (Å²) in [4.78, 5) is 19.6. The van der Waals surface area contributed by atoms with Crippen molar-refractivity contribution in [3.63, 3.8) is 0 Å². The third-order valence-corrected chi connectivity index (χ3v) is 7.12. The van der Waals surface area contributed by atoms with Crippen molar-refractivity contribution in [1.82, 2.24) is 10.2 Å². The van der Waals surface area contributed by atoms with Crippen molar-refractivity contribution >= 4 is 11.9 Å². The number of aliphatic imine (C=N–C) groups is 1. The molecule has 5 rings (SSSR count). The molecule has 7 nitrogen and oxygen atoms in total. The maximum absolute atomic E-state index is 13.5. The average Bonchev–Trinajstić information content (AvgIpc) is 3.44. The highest BCUT2D eigenvalue weighted by atomic mass is 19.4. The molecule has 0 saturated heterocycles. The van der Waals surface area contributed by atoms with E-state index >= 15 is 0 Å². The predicted molar refractivity (Wildman–Crippen MR) is 147 cm³/mol. The van der Waals surface area contributed by atoms with E-state index in [1.807, 2.05) is 48.5 Å². The molecular formula is C31H30F3N3O4. The summed E-state index contributed by atoms with van der Waals surface area (Å²) in [5.74, 6) is 1.23. The Bertz CT molecular complexity index is 1470. The number of halogens is 3. The summed E-state index contributed by atoms with van der Waals surface area (Å²) in [6.07, 6.45) is -3.21. The molecule has 0 aromatic heterocycles. The SMILES string of the molecule is COC(=O)C1=C(C)N(Cc2cccc(C(F)(F)F)c2)C(=NCc2ccc3c(c2)OCO3)NC1CCc1ccccc1. The molecule has 0 saturated carbocycles. The first-order valence-electron chi connectivity index (χ1n) is 13.2. The van der Waals surface area contributed by atoms with Gasteiger partial charge in [0.05, 0.1) is 37.4 Å². The van der Waals surface area contributed by atoms with Gasteiger partial charge in [-0.15, -0.1) is 0 Å². The maximum atomic E-state index is 13.5. The number of esters is 1. The van der Waals surface area contributed by atoms with Crippen LogP contribution in [0.3, 0.4) is 0 Å². The Morgan fingerprint density at radius 3 is 2.51 bits per heavy atom. The summed E-state index contributed by atoms with van der Waals surface area (Å²) in [5.41, 5.74) is 2.64. The Hall–Kier alpha value is -4.47. The molecule has 2 aliphatic heterocycles. The first-order valence-corrected chi connectivity index (χ1v) is 13.2. The van der Waals surface area contributed by atoms with Crippen LogP contribution in [0.1, 0.15) is 35.6 Å². The van der Waals surface area contributed by atoms with Gasteiger partial charge in [0.1, 0.15) is 0 Å². The molecule has 0 amide bonds. The number of nitrogens with one attached hydrogen (secondary N) is 1. The molecule has 214 valence electrons. The van der Waals surface area contributed by atoms with E-state index in [2.05, 4.69) is 5.32 Å². The molecule has 0 spiro atoms. The molecule has 3 aromatic carbocycles. The van der Waals surface area contributed by atoms with Gasteiger partial charge in [-0.2, -0.15) is 13.2 Å². The van der Waals surface area contributed by atoms with Crippen LogP contribution in [0.25, 0.3) is 0 Å². The number of allylic oxidation sites excluding steroid dienone is 1. The molecule has 0 aliphatic carbocycles. The zero-order chi connectivity index (χ0) is 29.0. The van der Waals surface area contributed by atoms with Crippen molar-refractivity contribution < 1.29 is 32.2 Å². The molecule has 1 unspecified atom stereocenters. The highest BCUT2D eigenvalue weighted by Gasteiger charge is 2.35. The number of hydrogen-bond acceptors (Lipinski definition) is 5. The fourth-order valence-electron chi connectivity index (χ4n) is 4.99. The molecule has 2 aliphatic rings. The molecule has 10 heteroatoms. The Labute approximate surface area is 236 Å². The Balaban J connectivity index is 1.50. The van der Waals surface area contributed by atoms with E-state index in [1.165, 1.54) is 13.2 Å². The van der Waals surface area contributed by atoms with Gasteiger partial charge in [-0.1, -0.05) is 48.5 Å². The minimum absolute atomic E-state index is 0.0641. The van der Waals surface area contributed by atoms with E-state index < -0.39 is 23.8 Å². The Kier molecular flexibility index (Phi) is 8.19. The first kappa shape index (κ1) is 28.1. The second-order valence-corrected chi connectivity index (χ2v) is 9.82. The van der Waals surface area contributed by atoms with Gasteiger partial charge in [0.15, 0.2) is 17.5 Å². The number of ether oxygens (including phenoxy) is 3. The molecule has 2 heterocycles. The zero-order valence-corrected chi connectivity index (χ0v) is 22.7. The summed E-state index contributed by atoms with van der Waals surface area (Å²) < 4.78 is 56.4. The number of methoxy groups -OCH3 is 1. The van der Waals surface area contributed by atoms with Crippen LogP contribution in [-0.2, 0) is 35.2 Å². The van der Waals surface area contributed by atoms with Crippen LogP contribution >= 0.6 is 0 Å². The fraction of sp³-hybridized carbons (Fsp3) is 0.290. The largest absolute Gasteiger partial charge is 0.466 e. The number of rotatable bonds is 8. The lowest BCUT2D eigenvalue weighted by molar-refractivity contribution is -0.138. The number of hydrogen-bond donors (Lipinski definition) is 1. The van der Waals surface area contributed by atoms with Gasteiger partial charge >= 0.3 is 12.1 Å². The van der Waals surface area contributed by atoms with Crippen molar-refractivity contribution in [2.45, 2.75) is 45.1 Å². The molecule has 0 fully saturated rings. The van der Waals surface area contributed by atoms with Crippen LogP contribution in [0.2, 0.25) is 0 Å². The topological polar surface area (TPSA) is 72.4 Å². The van der Waals surface area contributed by atoms with Crippen LogP contribution < -0.4 is 14.8 Å². The van der Waals surface area contributed by atoms with Crippen molar-refractivity contribution in [2.24, 2.45) is 4.99 Å². The summed E-state index contributed by atoms with van der Waals surface area (Å²) >= 11 is 0. The van der Waals surface area contributed by atoms with Crippen molar-refractivity contribution in [3.05, 3.63) is 106 Å². The summed E-state index contributed by atoms with van der Waals surface area (Å²) in [6, 6.07) is 20.2. The Morgan fingerprint density at radius 1 is 1.00 bits per heavy atom. The number of nitrogens with zero attached hydrogens (tertiary/aromatic N) is 2. The number of alkyl halides is 3. The monoisotopic (exact) mass is 565 g/mol. The lowest BCUT2D eigenvalue weighted by Gasteiger charge is -2.38. The second-order valence-electron chi connectivity index (χ2n) is 9.82. The summed E-state index contributed by atoms with van der Waals surface area (Å²) in [6.45, 7) is 2.26. The standard InChI is InChI=1S/C31H30F3N3O4/c1-20-28(29(38)39-2)25(13-11-21-7-4-3-5-8-21)36-30(35-17-22-12-14-26-27(16-22)41-19-40-26)37(20)18-23-9-6-10-24(15-23)31(32,33)34/h3-10,12,14-16,25H,11,13,17-19H2,1-2H3,(H,35,36). The predicted octanol–water partition coefficient (Wildman–Crippen LogP) is 5.84. The number of benzene rings is 3. The van der Waals surface area contributed by atoms with Gasteiger partial charge in [0.2, 0.25) is 6.79 Å². The summed E-state index contributed by atoms with van der Waals surface area (Å²) in [7, 11) is 1.32. The highest BCUT2D eigenvalue weighted by Crippen LogP contribution is 2.33. The van der Waals surface area contributed by atoms with Gasteiger partial charge in [-0.3, -0.25) is 0 Å². The van der Waals surface area contributed by atoms with Crippen LogP contribution in [0.15, 0.2) is 89.1 Å². The minimum Gasteiger partial charge on any atom is -0.466 e. The number of guanidine groups is 1. The average molecular weight is 566 g/mol. The normalized spacial score (nSPS) is 17.5. The molecular weight excluding hydrogens is 535 g/mol. The molecule has 0 radical (unpaired) electrons. The Morgan fingerprint density at radius 2 is 1.76 bits per heavy atom. The number of aryl methyl sites for hydroxylation is 1. The molecule has 41 heavy (non-hydrogen) atoms. The molecule has 3 aromatic rings. The van der Waals surface area contributed by atoms with E-state index in [1.54, 1.807) is 17.9 Å². The highest BCUT2D eigenvalue weighted by molar-refractivity contribution is 5.95. The third-order valence-electron chi connectivity index (χ3n) is 7.12. The maximum Gasteiger partial charge on any atom is 0.416 e. The van der Waals surface area contributed by atoms with Gasteiger partial charge in [-0.05, 0) is 60.7 Å². The lowest BCUT2D eigenvalue weighted by Crippen LogP contribution is -2.52. The van der Waals surface area contributed by atoms with Gasteiger partial charge in [0, 0.05) is 5.70 Å². The molecule has 0 bridgehead atoms. The first-order chi connectivity index (χ1) is 19.7. The van der Waals surface area contributed by atoms with Gasteiger partial charge < -0.3 is 24.4 Å². The second kappa shape index (κ2) is 12.0. The number of carbonyl (C=O) groups excluding carboxylic acids is 1. The quantitative estimate of drug-likeness (QED) is 0.346. The van der Waals surface area contributed by atoms with E-state index in [0.29, 0.717) is 47.1 Å². The van der Waals surface area contributed by atoms with E-state index in [9.17, 15) is 18.0 Å². The number of carbonyl (C=O) groups is 1. The van der Waals surface area contributed by atoms with Crippen molar-refractivity contribution in [1.29, 1.82) is 0 Å². The third kappa shape index (κ3) is 6.48. The minimum atomic E-state index is -4.48. The van der Waals surface area contributed by atoms with Crippen molar-refractivity contribution in [2.75, 3.05) is 13.9 Å². The van der Waals surface area contributed by atoms with Crippen LogP contribution in [0.5, 0.6) is 11.5 Å². The van der Waals surface area contributed by atoms with Gasteiger partial charge in [0.25, 0.3) is 0 Å². The molecule has 1 N–H and O–H groups in total. The fourth-order valence-corrected chi connectivity index (χ4v) is 4.99. The molecule has 1 atom stereocenters. The van der Waals surface area contributed by atoms with E-state index in [0.717, 1.165) is 23.3 Å². The van der Waals surface area contributed by atoms with Crippen LogP contribution in [0, 0.1) is 0 Å². The summed E-state index contributed by atoms with van der Waals surface area (Å²) in [5, 5.41) is 3.40. The number of fused-ring (bicyclic) bond motifs is 1. The lowest BCUT2D eigenvalue weighted by atomic mass is 9.95. The van der Waals surface area contributed by atoms with Crippen molar-refractivity contribution in [3.8, 4) is 11.5 Å². The smallest absolute Gasteiger partial charge is 0.416 e. The van der Waals surface area contributed by atoms with Gasteiger partial charge in [-0.25, -0.2) is 9.79 Å². The van der Waals surface area contributed by atoms with Crippen LogP contribution in [0.4, 0.5) is 13.2 Å². The van der Waals surface area contributed by atoms with E-state index in [-0.39, 0.29) is 19.9 Å². The zero-order valence-electron chi connectivity index (χ0n) is 22.7.